The topological polar surface area (TPSA) is 30.5 Å². The number of thiophene rings is 1. The van der Waals surface area contributed by atoms with E-state index in [9.17, 15) is 0 Å². The van der Waals surface area contributed by atoms with Crippen LogP contribution in [0.3, 0.4) is 0 Å². The fourth-order valence-corrected chi connectivity index (χ4v) is 4.36. The van der Waals surface area contributed by atoms with Gasteiger partial charge >= 0.3 is 0 Å². The van der Waals surface area contributed by atoms with Gasteiger partial charge in [-0.05, 0) is 44.3 Å². The molecule has 0 saturated carbocycles. The van der Waals surface area contributed by atoms with Gasteiger partial charge in [0.05, 0.1) is 16.5 Å². The second kappa shape index (κ2) is 7.36. The lowest BCUT2D eigenvalue weighted by Gasteiger charge is -2.17. The fraction of sp³-hybridized carbons (Fsp3) is 0.667. The molecule has 6 heteroatoms. The molecule has 1 aromatic heterocycles. The van der Waals surface area contributed by atoms with Gasteiger partial charge in [-0.2, -0.15) is 0 Å². The maximum Gasteiger partial charge on any atom is 0.0958 e. The molecule has 0 spiro atoms. The summed E-state index contributed by atoms with van der Waals surface area (Å²) < 4.78 is 13.2. The van der Waals surface area contributed by atoms with Crippen LogP contribution in [-0.4, -0.2) is 33.4 Å². The molecule has 2 atom stereocenters. The molecule has 0 aliphatic carbocycles. The predicted octanol–water partition coefficient (Wildman–Crippen LogP) is 3.59. The molecule has 1 aliphatic heterocycles. The van der Waals surface area contributed by atoms with E-state index < -0.39 is 0 Å². The second-order valence-corrected chi connectivity index (χ2v) is 7.56. The number of rotatable bonds is 6. The summed E-state index contributed by atoms with van der Waals surface area (Å²) in [5.74, 6) is 0.555. The molecular formula is C12H17Br2NO2S. The van der Waals surface area contributed by atoms with Gasteiger partial charge in [0.2, 0.25) is 0 Å². The lowest BCUT2D eigenvalue weighted by molar-refractivity contribution is 0.0926. The van der Waals surface area contributed by atoms with Crippen molar-refractivity contribution in [2.75, 3.05) is 33.4 Å². The van der Waals surface area contributed by atoms with Crippen LogP contribution >= 0.6 is 43.2 Å². The molecule has 1 N–H and O–H groups in total. The van der Waals surface area contributed by atoms with Gasteiger partial charge in [-0.25, -0.2) is 0 Å². The Morgan fingerprint density at radius 3 is 3.06 bits per heavy atom. The molecular weight excluding hydrogens is 382 g/mol. The van der Waals surface area contributed by atoms with E-state index in [0.717, 1.165) is 41.0 Å². The first-order valence-corrected chi connectivity index (χ1v) is 8.38. The molecule has 1 saturated heterocycles. The van der Waals surface area contributed by atoms with Gasteiger partial charge in [0.15, 0.2) is 0 Å². The van der Waals surface area contributed by atoms with E-state index >= 15 is 0 Å². The van der Waals surface area contributed by atoms with Gasteiger partial charge in [-0.15, -0.1) is 11.3 Å². The summed E-state index contributed by atoms with van der Waals surface area (Å²) in [6.07, 6.45) is 1.35. The van der Waals surface area contributed by atoms with E-state index in [1.54, 1.807) is 18.4 Å². The zero-order chi connectivity index (χ0) is 13.0. The van der Waals surface area contributed by atoms with Crippen molar-refractivity contribution < 1.29 is 9.47 Å². The zero-order valence-electron chi connectivity index (χ0n) is 10.2. The van der Waals surface area contributed by atoms with Crippen LogP contribution in [0.5, 0.6) is 0 Å². The molecule has 18 heavy (non-hydrogen) atoms. The number of halogens is 2. The van der Waals surface area contributed by atoms with E-state index in [1.807, 2.05) is 0 Å². The Morgan fingerprint density at radius 2 is 2.39 bits per heavy atom. The lowest BCUT2D eigenvalue weighted by atomic mass is 10.0. The Morgan fingerprint density at radius 1 is 1.56 bits per heavy atom. The number of methoxy groups -OCH3 is 1. The van der Waals surface area contributed by atoms with Crippen molar-refractivity contribution >= 4 is 43.2 Å². The zero-order valence-corrected chi connectivity index (χ0v) is 14.2. The average Bonchev–Trinajstić information content (AvgIpc) is 2.93. The molecule has 2 unspecified atom stereocenters. The molecule has 102 valence electrons. The van der Waals surface area contributed by atoms with E-state index in [1.165, 1.54) is 4.88 Å². The SMILES string of the molecule is COCCNCC1CCOC1c1cc(Br)c(Br)s1. The Labute approximate surface area is 128 Å². The largest absolute Gasteiger partial charge is 0.383 e. The van der Waals surface area contributed by atoms with Crippen molar-refractivity contribution in [1.82, 2.24) is 5.32 Å². The molecule has 3 nitrogen and oxygen atoms in total. The van der Waals surface area contributed by atoms with Crippen LogP contribution in [0.15, 0.2) is 14.3 Å². The van der Waals surface area contributed by atoms with Gasteiger partial charge in [0.25, 0.3) is 0 Å². The van der Waals surface area contributed by atoms with Crippen LogP contribution in [0.1, 0.15) is 17.4 Å². The minimum Gasteiger partial charge on any atom is -0.383 e. The Balaban J connectivity index is 1.90. The van der Waals surface area contributed by atoms with E-state index in [0.29, 0.717) is 5.92 Å². The van der Waals surface area contributed by atoms with Gasteiger partial charge in [0, 0.05) is 42.1 Å². The minimum atomic E-state index is 0.229. The van der Waals surface area contributed by atoms with Crippen LogP contribution in [-0.2, 0) is 9.47 Å². The van der Waals surface area contributed by atoms with Crippen LogP contribution in [0.25, 0.3) is 0 Å². The quantitative estimate of drug-likeness (QED) is 0.742. The van der Waals surface area contributed by atoms with E-state index in [4.69, 9.17) is 9.47 Å². The lowest BCUT2D eigenvalue weighted by Crippen LogP contribution is -2.27. The molecule has 1 aromatic rings. The summed E-state index contributed by atoms with van der Waals surface area (Å²) in [6, 6.07) is 2.16. The van der Waals surface area contributed by atoms with Gasteiger partial charge < -0.3 is 14.8 Å². The fourth-order valence-electron chi connectivity index (χ4n) is 2.12. The molecule has 0 aromatic carbocycles. The highest BCUT2D eigenvalue weighted by Gasteiger charge is 2.30. The minimum absolute atomic E-state index is 0.229. The average molecular weight is 399 g/mol. The third-order valence-electron chi connectivity index (χ3n) is 3.05. The molecule has 2 heterocycles. The number of hydrogen-bond donors (Lipinski definition) is 1. The second-order valence-electron chi connectivity index (χ2n) is 4.31. The third-order valence-corrected chi connectivity index (χ3v) is 6.37. The first kappa shape index (κ1) is 14.9. The monoisotopic (exact) mass is 397 g/mol. The summed E-state index contributed by atoms with van der Waals surface area (Å²) in [7, 11) is 1.73. The molecule has 1 fully saturated rings. The van der Waals surface area contributed by atoms with Crippen molar-refractivity contribution in [2.45, 2.75) is 12.5 Å². The highest BCUT2D eigenvalue weighted by Crippen LogP contribution is 2.42. The first-order chi connectivity index (χ1) is 8.72. The van der Waals surface area contributed by atoms with E-state index in [2.05, 4.69) is 43.2 Å². The Hall–Kier alpha value is 0.540. The Kier molecular flexibility index (Phi) is 6.11. The molecule has 1 aliphatic rings. The summed E-state index contributed by atoms with van der Waals surface area (Å²) in [5.41, 5.74) is 0. The smallest absolute Gasteiger partial charge is 0.0958 e. The van der Waals surface area contributed by atoms with Crippen LogP contribution in [0, 0.1) is 5.92 Å². The van der Waals surface area contributed by atoms with Gasteiger partial charge in [-0.1, -0.05) is 0 Å². The molecule has 2 rings (SSSR count). The van der Waals surface area contributed by atoms with Gasteiger partial charge in [-0.3, -0.25) is 0 Å². The highest BCUT2D eigenvalue weighted by molar-refractivity contribution is 9.13. The molecule has 0 radical (unpaired) electrons. The standard InChI is InChI=1S/C12H17Br2NO2S/c1-16-5-3-15-7-8-2-4-17-11(8)10-6-9(13)12(14)18-10/h6,8,11,15H,2-5,7H2,1H3. The Bertz CT molecular complexity index is 367. The first-order valence-electron chi connectivity index (χ1n) is 5.98. The highest BCUT2D eigenvalue weighted by atomic mass is 79.9. The maximum absolute atomic E-state index is 5.87. The summed E-state index contributed by atoms with van der Waals surface area (Å²) in [4.78, 5) is 1.30. The van der Waals surface area contributed by atoms with Crippen LogP contribution in [0.4, 0.5) is 0 Å². The summed E-state index contributed by atoms with van der Waals surface area (Å²) >= 11 is 8.82. The van der Waals surface area contributed by atoms with Crippen LogP contribution < -0.4 is 5.32 Å². The third kappa shape index (κ3) is 3.77. The van der Waals surface area contributed by atoms with Crippen molar-refractivity contribution in [3.05, 3.63) is 19.2 Å². The number of nitrogens with one attached hydrogen (secondary N) is 1. The number of ether oxygens (including phenoxy) is 2. The summed E-state index contributed by atoms with van der Waals surface area (Å²) in [5, 5.41) is 3.43. The van der Waals surface area contributed by atoms with Crippen molar-refractivity contribution in [3.8, 4) is 0 Å². The molecule has 0 bridgehead atoms. The van der Waals surface area contributed by atoms with Crippen molar-refractivity contribution in [1.29, 1.82) is 0 Å². The maximum atomic E-state index is 5.87. The summed E-state index contributed by atoms with van der Waals surface area (Å²) in [6.45, 7) is 3.50. The number of hydrogen-bond acceptors (Lipinski definition) is 4. The van der Waals surface area contributed by atoms with Crippen molar-refractivity contribution in [3.63, 3.8) is 0 Å². The van der Waals surface area contributed by atoms with Crippen molar-refractivity contribution in [2.24, 2.45) is 5.92 Å². The van der Waals surface area contributed by atoms with Gasteiger partial charge in [0.1, 0.15) is 0 Å². The molecule has 0 amide bonds. The van der Waals surface area contributed by atoms with Crippen LogP contribution in [0.2, 0.25) is 0 Å². The predicted molar refractivity (Wildman–Crippen MR) is 81.3 cm³/mol. The van der Waals surface area contributed by atoms with E-state index in [-0.39, 0.29) is 6.10 Å². The normalized spacial score (nSPS) is 23.7.